The minimum atomic E-state index is -1.13. The van der Waals surface area contributed by atoms with Gasteiger partial charge in [-0.2, -0.15) is 0 Å². The van der Waals surface area contributed by atoms with Gasteiger partial charge < -0.3 is 14.8 Å². The number of benzene rings is 1. The molecule has 0 unspecified atom stereocenters. The molecular weight excluding hydrogens is 393 g/mol. The van der Waals surface area contributed by atoms with E-state index in [1.807, 2.05) is 0 Å². The van der Waals surface area contributed by atoms with Crippen molar-refractivity contribution in [2.75, 3.05) is 19.5 Å². The predicted molar refractivity (Wildman–Crippen MR) is 91.8 cm³/mol. The zero-order valence-electron chi connectivity index (χ0n) is 13.7. The number of hydrogen-bond donors (Lipinski definition) is 1. The van der Waals surface area contributed by atoms with Crippen LogP contribution in [0.1, 0.15) is 17.4 Å². The Hall–Kier alpha value is -2.45. The minimum absolute atomic E-state index is 0.0720. The number of halogens is 4. The van der Waals surface area contributed by atoms with Gasteiger partial charge >= 0.3 is 5.97 Å². The van der Waals surface area contributed by atoms with E-state index in [2.05, 4.69) is 15.0 Å². The van der Waals surface area contributed by atoms with E-state index in [4.69, 9.17) is 27.9 Å². The van der Waals surface area contributed by atoms with Crippen LogP contribution in [-0.2, 0) is 9.53 Å². The van der Waals surface area contributed by atoms with Crippen LogP contribution in [-0.4, -0.2) is 31.1 Å². The fourth-order valence-electron chi connectivity index (χ4n) is 2.16. The monoisotopic (exact) mass is 404 g/mol. The fourth-order valence-corrected chi connectivity index (χ4v) is 2.64. The Labute approximate surface area is 157 Å². The van der Waals surface area contributed by atoms with Crippen LogP contribution in [0.15, 0.2) is 12.1 Å². The Morgan fingerprint density at radius 3 is 2.38 bits per heavy atom. The number of aromatic nitrogens is 1. The van der Waals surface area contributed by atoms with Crippen LogP contribution in [0.5, 0.6) is 5.75 Å². The molecule has 0 fully saturated rings. The van der Waals surface area contributed by atoms with Gasteiger partial charge in [-0.3, -0.25) is 4.79 Å². The number of methoxy groups -OCH3 is 2. The summed E-state index contributed by atoms with van der Waals surface area (Å²) in [4.78, 5) is 27.1. The summed E-state index contributed by atoms with van der Waals surface area (Å²) < 4.78 is 38.4. The molecule has 0 saturated heterocycles. The Bertz CT molecular complexity index is 907. The lowest BCUT2D eigenvalue weighted by atomic mass is 10.1. The van der Waals surface area contributed by atoms with Gasteiger partial charge in [-0.05, 0) is 12.1 Å². The number of rotatable bonds is 4. The molecule has 1 aromatic heterocycles. The highest BCUT2D eigenvalue weighted by atomic mass is 35.5. The van der Waals surface area contributed by atoms with E-state index in [0.29, 0.717) is 0 Å². The number of esters is 1. The number of nitrogens with one attached hydrogen (secondary N) is 1. The minimum Gasteiger partial charge on any atom is -0.492 e. The van der Waals surface area contributed by atoms with E-state index < -0.39 is 40.5 Å². The van der Waals surface area contributed by atoms with Gasteiger partial charge in [-0.25, -0.2) is 18.6 Å². The number of carbonyl (C=O) groups excluding carboxylic acids is 2. The molecular formula is C16H12Cl2F2N2O4. The normalized spacial score (nSPS) is 10.4. The second-order valence-electron chi connectivity index (χ2n) is 4.95. The zero-order chi connectivity index (χ0) is 19.6. The highest BCUT2D eigenvalue weighted by Gasteiger charge is 2.25. The van der Waals surface area contributed by atoms with Crippen molar-refractivity contribution in [1.82, 2.24) is 4.98 Å². The summed E-state index contributed by atoms with van der Waals surface area (Å²) in [5.74, 6) is -4.05. The number of nitrogens with zero attached hydrogens (tertiary/aromatic N) is 1. The van der Waals surface area contributed by atoms with Crippen LogP contribution in [0.2, 0.25) is 10.0 Å². The topological polar surface area (TPSA) is 77.5 Å². The van der Waals surface area contributed by atoms with Gasteiger partial charge in [0, 0.05) is 6.92 Å². The van der Waals surface area contributed by atoms with Gasteiger partial charge in [-0.15, -0.1) is 0 Å². The lowest BCUT2D eigenvalue weighted by Crippen LogP contribution is -2.12. The average Bonchev–Trinajstić information content (AvgIpc) is 2.56. The Balaban J connectivity index is 2.82. The first-order valence-electron chi connectivity index (χ1n) is 6.99. The van der Waals surface area contributed by atoms with Crippen molar-refractivity contribution in [2.24, 2.45) is 0 Å². The molecule has 0 aliphatic carbocycles. The van der Waals surface area contributed by atoms with Crippen molar-refractivity contribution in [2.45, 2.75) is 6.92 Å². The number of amides is 1. The zero-order valence-corrected chi connectivity index (χ0v) is 15.3. The first-order valence-corrected chi connectivity index (χ1v) is 7.75. The third-order valence-corrected chi connectivity index (χ3v) is 3.90. The molecule has 0 aliphatic rings. The molecule has 0 radical (unpaired) electrons. The first kappa shape index (κ1) is 19.9. The molecule has 0 bridgehead atoms. The Morgan fingerprint density at radius 1 is 1.19 bits per heavy atom. The molecule has 6 nitrogen and oxygen atoms in total. The molecule has 1 N–H and O–H groups in total. The number of hydrogen-bond acceptors (Lipinski definition) is 5. The fraction of sp³-hybridized carbons (Fsp3) is 0.188. The molecule has 2 rings (SSSR count). The second kappa shape index (κ2) is 7.84. The van der Waals surface area contributed by atoms with Crippen molar-refractivity contribution in [3.05, 3.63) is 39.5 Å². The van der Waals surface area contributed by atoms with Crippen molar-refractivity contribution in [1.29, 1.82) is 0 Å². The van der Waals surface area contributed by atoms with Crippen LogP contribution in [0, 0.1) is 11.6 Å². The standard InChI is InChI=1S/C16H12Cl2F2N2O4/c1-6(23)21-10-5-9(22-14(12(10)18)16(24)26-3)11-8(19)4-7(17)15(25-2)13(11)20/h4-5H,1-3H3,(H,21,22,23). The SMILES string of the molecule is COC(=O)c1nc(-c2c(F)cc(Cl)c(OC)c2F)cc(NC(C)=O)c1Cl. The molecule has 1 aromatic carbocycles. The maximum Gasteiger partial charge on any atom is 0.358 e. The van der Waals surface area contributed by atoms with Crippen LogP contribution >= 0.6 is 23.2 Å². The highest BCUT2D eigenvalue weighted by molar-refractivity contribution is 6.36. The van der Waals surface area contributed by atoms with Crippen molar-refractivity contribution < 1.29 is 27.8 Å². The van der Waals surface area contributed by atoms with E-state index in [9.17, 15) is 18.4 Å². The number of carbonyl (C=O) groups is 2. The molecule has 138 valence electrons. The smallest absolute Gasteiger partial charge is 0.358 e. The summed E-state index contributed by atoms with van der Waals surface area (Å²) in [5, 5.41) is 1.84. The predicted octanol–water partition coefficient (Wildman–Crippen LogP) is 4.09. The van der Waals surface area contributed by atoms with Crippen LogP contribution < -0.4 is 10.1 Å². The van der Waals surface area contributed by atoms with Gasteiger partial charge in [-0.1, -0.05) is 23.2 Å². The van der Waals surface area contributed by atoms with Gasteiger partial charge in [0.05, 0.1) is 41.2 Å². The third-order valence-electron chi connectivity index (χ3n) is 3.24. The number of pyridine rings is 1. The second-order valence-corrected chi connectivity index (χ2v) is 5.74. The van der Waals surface area contributed by atoms with Crippen molar-refractivity contribution in [3.8, 4) is 17.0 Å². The van der Waals surface area contributed by atoms with Crippen molar-refractivity contribution >= 4 is 40.8 Å². The number of ether oxygens (including phenoxy) is 2. The van der Waals surface area contributed by atoms with Crippen LogP contribution in [0.3, 0.4) is 0 Å². The van der Waals surface area contributed by atoms with E-state index in [1.165, 1.54) is 6.92 Å². The summed E-state index contributed by atoms with van der Waals surface area (Å²) in [7, 11) is 2.24. The molecule has 0 saturated carbocycles. The highest BCUT2D eigenvalue weighted by Crippen LogP contribution is 2.38. The van der Waals surface area contributed by atoms with Gasteiger partial charge in [0.1, 0.15) is 5.82 Å². The molecule has 0 atom stereocenters. The Kier molecular flexibility index (Phi) is 5.99. The lowest BCUT2D eigenvalue weighted by molar-refractivity contribution is -0.114. The van der Waals surface area contributed by atoms with E-state index in [-0.39, 0.29) is 21.4 Å². The van der Waals surface area contributed by atoms with Gasteiger partial charge in [0.15, 0.2) is 17.3 Å². The lowest BCUT2D eigenvalue weighted by Gasteiger charge is -2.14. The quantitative estimate of drug-likeness (QED) is 0.776. The van der Waals surface area contributed by atoms with Crippen LogP contribution in [0.4, 0.5) is 14.5 Å². The summed E-state index contributed by atoms with van der Waals surface area (Å²) in [6.07, 6.45) is 0. The van der Waals surface area contributed by atoms with E-state index in [1.54, 1.807) is 0 Å². The molecule has 26 heavy (non-hydrogen) atoms. The summed E-state index contributed by atoms with van der Waals surface area (Å²) in [6.45, 7) is 1.20. The molecule has 1 heterocycles. The molecule has 0 spiro atoms. The maximum atomic E-state index is 14.7. The van der Waals surface area contributed by atoms with E-state index >= 15 is 0 Å². The molecule has 0 aliphatic heterocycles. The molecule has 2 aromatic rings. The van der Waals surface area contributed by atoms with Gasteiger partial charge in [0.25, 0.3) is 0 Å². The summed E-state index contributed by atoms with van der Waals surface area (Å²) in [5.41, 5.74) is -1.43. The number of anilines is 1. The van der Waals surface area contributed by atoms with E-state index in [0.717, 1.165) is 26.4 Å². The molecule has 10 heteroatoms. The average molecular weight is 405 g/mol. The summed E-state index contributed by atoms with van der Waals surface area (Å²) in [6, 6.07) is 1.95. The van der Waals surface area contributed by atoms with Crippen LogP contribution in [0.25, 0.3) is 11.3 Å². The van der Waals surface area contributed by atoms with Crippen molar-refractivity contribution in [3.63, 3.8) is 0 Å². The molecule has 1 amide bonds. The largest absolute Gasteiger partial charge is 0.492 e. The maximum absolute atomic E-state index is 14.7. The van der Waals surface area contributed by atoms with Gasteiger partial charge in [0.2, 0.25) is 5.91 Å². The summed E-state index contributed by atoms with van der Waals surface area (Å²) >= 11 is 11.8. The third kappa shape index (κ3) is 3.71. The Morgan fingerprint density at radius 2 is 1.85 bits per heavy atom. The first-order chi connectivity index (χ1) is 12.2.